The Bertz CT molecular complexity index is 2250. The third-order valence-corrected chi connectivity index (χ3v) is 35.7. The van der Waals surface area contributed by atoms with Crippen LogP contribution in [0.4, 0.5) is 0 Å². The number of allylic oxidation sites excluding steroid dienone is 2. The SMILES string of the molecule is Cc1cc2c(c(-c3ccccc3)c1C)C=C(c1cccs1)[CH]2[Zr]([CH]1C(c2cccs2)=Cc2c1cc(C)c(C)c2-c1ccccc1)=[Si]1CC(Cl)(Cl)C1. The molecule has 0 spiro atoms. The molecule has 3 aliphatic rings. The van der Waals surface area contributed by atoms with E-state index in [1.165, 1.54) is 65.4 Å². The first kappa shape index (κ1) is 34.2. The number of hydrogen-bond acceptors (Lipinski definition) is 2. The monoisotopic (exact) mass is 830 g/mol. The molecular weight excluding hydrogens is 795 g/mol. The van der Waals surface area contributed by atoms with Crippen LogP contribution >= 0.6 is 45.9 Å². The van der Waals surface area contributed by atoms with E-state index in [1.54, 1.807) is 22.3 Å². The second-order valence-corrected chi connectivity index (χ2v) is 33.6. The number of alkyl halides is 2. The van der Waals surface area contributed by atoms with Crippen LogP contribution in [0.15, 0.2) is 108 Å². The van der Waals surface area contributed by atoms with E-state index in [0.29, 0.717) is 7.25 Å². The van der Waals surface area contributed by atoms with Crippen LogP contribution in [0.3, 0.4) is 0 Å². The average Bonchev–Trinajstić information content (AvgIpc) is 3.94. The fourth-order valence-electron chi connectivity index (χ4n) is 8.81. The second kappa shape index (κ2) is 13.4. The van der Waals surface area contributed by atoms with Gasteiger partial charge in [0, 0.05) is 0 Å². The molecule has 2 aliphatic carbocycles. The van der Waals surface area contributed by atoms with E-state index < -0.39 is 30.1 Å². The molecule has 9 rings (SSSR count). The van der Waals surface area contributed by atoms with Gasteiger partial charge in [-0.2, -0.15) is 0 Å². The summed E-state index contributed by atoms with van der Waals surface area (Å²) in [6.07, 6.45) is 5.22. The van der Waals surface area contributed by atoms with Gasteiger partial charge in [-0.15, -0.1) is 0 Å². The standard InChI is InChI=1S/2C21H17S.C3H4Cl2Si.Zr/c2*1-14-11-17-12-18(20-9-6-10-22-20)13-19(17)21(15(14)2)16-7-4-3-5-8-16;4-3(5)1-6-2-3;/h2*3-13H,1-2H3;1-2H2;. The maximum atomic E-state index is 7.03. The minimum atomic E-state index is -2.69. The molecular formula is C45H38Cl2S2SiZr. The summed E-state index contributed by atoms with van der Waals surface area (Å²) in [6, 6.07) is 38.5. The first-order valence-electron chi connectivity index (χ1n) is 17.7. The van der Waals surface area contributed by atoms with Crippen LogP contribution in [0.2, 0.25) is 12.1 Å². The Morgan fingerprint density at radius 3 is 1.41 bits per heavy atom. The molecule has 2 unspecified atom stereocenters. The van der Waals surface area contributed by atoms with Crippen LogP contribution < -0.4 is 0 Å². The first-order chi connectivity index (χ1) is 24.7. The Balaban J connectivity index is 1.36. The molecule has 6 heteroatoms. The Morgan fingerprint density at radius 2 is 1.04 bits per heavy atom. The summed E-state index contributed by atoms with van der Waals surface area (Å²) in [6.45, 7) is 9.29. The fraction of sp³-hybridized carbons (Fsp3) is 0.200. The summed E-state index contributed by atoms with van der Waals surface area (Å²) in [5.74, 6) is 0. The zero-order valence-electron chi connectivity index (χ0n) is 29.2. The van der Waals surface area contributed by atoms with Crippen molar-refractivity contribution in [2.24, 2.45) is 0 Å². The zero-order valence-corrected chi connectivity index (χ0v) is 35.8. The van der Waals surface area contributed by atoms with Crippen molar-refractivity contribution in [2.75, 3.05) is 0 Å². The molecule has 0 N–H and O–H groups in total. The van der Waals surface area contributed by atoms with Gasteiger partial charge >= 0.3 is 331 Å². The molecule has 6 aromatic rings. The van der Waals surface area contributed by atoms with Crippen LogP contribution in [-0.4, -0.2) is 9.77 Å². The summed E-state index contributed by atoms with van der Waals surface area (Å²) in [7, 11) is 0. The number of halogens is 2. The summed E-state index contributed by atoms with van der Waals surface area (Å²) in [4.78, 5) is 2.83. The normalized spacial score (nSPS) is 18.6. The van der Waals surface area contributed by atoms with Gasteiger partial charge in [0.05, 0.1) is 0 Å². The van der Waals surface area contributed by atoms with E-state index in [9.17, 15) is 0 Å². The van der Waals surface area contributed by atoms with Gasteiger partial charge in [0.15, 0.2) is 0 Å². The van der Waals surface area contributed by atoms with Crippen molar-refractivity contribution in [3.05, 3.63) is 162 Å². The van der Waals surface area contributed by atoms with E-state index in [0.717, 1.165) is 12.1 Å². The second-order valence-electron chi connectivity index (χ2n) is 14.4. The molecule has 1 fully saturated rings. The Kier molecular flexibility index (Phi) is 8.98. The van der Waals surface area contributed by atoms with Crippen molar-refractivity contribution in [3.63, 3.8) is 0 Å². The Morgan fingerprint density at radius 1 is 0.608 bits per heavy atom. The quantitative estimate of drug-likeness (QED) is 0.116. The van der Waals surface area contributed by atoms with E-state index in [1.807, 2.05) is 22.7 Å². The van der Waals surface area contributed by atoms with E-state index in [-0.39, 0.29) is 0 Å². The molecule has 0 amide bonds. The van der Waals surface area contributed by atoms with Gasteiger partial charge in [-0.05, 0) is 0 Å². The average molecular weight is 833 g/mol. The summed E-state index contributed by atoms with van der Waals surface area (Å²) in [5, 5.41) is 4.52. The molecule has 3 heterocycles. The third-order valence-electron chi connectivity index (χ3n) is 11.4. The van der Waals surface area contributed by atoms with Gasteiger partial charge in [-0.1, -0.05) is 0 Å². The predicted molar refractivity (Wildman–Crippen MR) is 222 cm³/mol. The molecule has 0 nitrogen and oxygen atoms in total. The number of aryl methyl sites for hydroxylation is 2. The minimum absolute atomic E-state index is 0.419. The number of rotatable bonds is 6. The van der Waals surface area contributed by atoms with Crippen molar-refractivity contribution in [1.29, 1.82) is 0 Å². The van der Waals surface area contributed by atoms with Gasteiger partial charge in [0.25, 0.3) is 0 Å². The predicted octanol–water partition coefficient (Wildman–Crippen LogP) is 14.1. The zero-order chi connectivity index (χ0) is 35.0. The molecule has 2 atom stereocenters. The van der Waals surface area contributed by atoms with Gasteiger partial charge in [0.1, 0.15) is 0 Å². The Hall–Kier alpha value is -2.56. The summed E-state index contributed by atoms with van der Waals surface area (Å²) >= 11 is 15.2. The van der Waals surface area contributed by atoms with Gasteiger partial charge in [-0.25, -0.2) is 0 Å². The molecule has 1 aliphatic heterocycles. The molecule has 0 saturated carbocycles. The third kappa shape index (κ3) is 5.85. The Labute approximate surface area is 327 Å². The van der Waals surface area contributed by atoms with Crippen LogP contribution in [0.25, 0.3) is 45.6 Å². The van der Waals surface area contributed by atoms with Gasteiger partial charge in [-0.3, -0.25) is 0 Å². The van der Waals surface area contributed by atoms with Gasteiger partial charge in [0.2, 0.25) is 0 Å². The number of fused-ring (bicyclic) bond motifs is 2. The number of hydrogen-bond donors (Lipinski definition) is 0. The maximum absolute atomic E-state index is 7.03. The van der Waals surface area contributed by atoms with Crippen LogP contribution in [0.1, 0.15) is 61.5 Å². The van der Waals surface area contributed by atoms with Crippen LogP contribution in [-0.2, 0) is 20.4 Å². The van der Waals surface area contributed by atoms with Crippen molar-refractivity contribution in [1.82, 2.24) is 0 Å². The van der Waals surface area contributed by atoms with Crippen molar-refractivity contribution in [3.8, 4) is 22.3 Å². The summed E-state index contributed by atoms with van der Waals surface area (Å²) < 4.78 is 0.240. The van der Waals surface area contributed by atoms with E-state index in [2.05, 4.69) is 148 Å². The van der Waals surface area contributed by atoms with Crippen LogP contribution in [0, 0.1) is 27.7 Å². The summed E-state index contributed by atoms with van der Waals surface area (Å²) in [5.41, 5.74) is 19.2. The molecule has 2 aromatic heterocycles. The molecule has 252 valence electrons. The van der Waals surface area contributed by atoms with E-state index in [4.69, 9.17) is 23.2 Å². The molecule has 4 aromatic carbocycles. The number of benzene rings is 4. The van der Waals surface area contributed by atoms with Crippen molar-refractivity contribution in [2.45, 2.75) is 51.4 Å². The molecule has 1 saturated heterocycles. The molecule has 0 bridgehead atoms. The van der Waals surface area contributed by atoms with Crippen molar-refractivity contribution < 1.29 is 20.4 Å². The van der Waals surface area contributed by atoms with Crippen molar-refractivity contribution >= 4 is 74.6 Å². The number of thiophene rings is 2. The topological polar surface area (TPSA) is 0 Å². The molecule has 51 heavy (non-hydrogen) atoms. The molecule has 0 radical (unpaired) electrons. The fourth-order valence-corrected chi connectivity index (χ4v) is 42.1. The first-order valence-corrected chi connectivity index (χ1v) is 28.7. The van der Waals surface area contributed by atoms with Gasteiger partial charge < -0.3 is 0 Å². The van der Waals surface area contributed by atoms with E-state index >= 15 is 0 Å². The van der Waals surface area contributed by atoms with Crippen LogP contribution in [0.5, 0.6) is 0 Å².